The number of hydrogen-bond acceptors (Lipinski definition) is 15. The maximum atomic E-state index is 12.2. The lowest BCUT2D eigenvalue weighted by atomic mass is 10.5. The normalized spacial score (nSPS) is 12.9. The van der Waals surface area contributed by atoms with E-state index in [0.717, 1.165) is 86.3 Å². The molecule has 2 N–H and O–H groups in total. The van der Waals surface area contributed by atoms with Gasteiger partial charge in [0.15, 0.2) is 10.2 Å². The fraction of sp³-hybridized carbons (Fsp3) is 0.917. The molecular formula is C24H46O6S11. The lowest BCUT2D eigenvalue weighted by Gasteiger charge is -2.05. The van der Waals surface area contributed by atoms with Crippen molar-refractivity contribution in [2.75, 3.05) is 103 Å². The highest BCUT2D eigenvalue weighted by molar-refractivity contribution is 8.17. The van der Waals surface area contributed by atoms with Gasteiger partial charge in [0.05, 0.1) is 11.9 Å². The average molecular weight is 783 g/mol. The Balaban J connectivity index is 3.41. The Morgan fingerprint density at radius 2 is 0.878 bits per heavy atom. The molecule has 0 aliphatic heterocycles. The molecule has 17 heteroatoms. The lowest BCUT2D eigenvalue weighted by Crippen LogP contribution is -2.07. The van der Waals surface area contributed by atoms with Crippen molar-refractivity contribution in [2.45, 2.75) is 25.7 Å². The summed E-state index contributed by atoms with van der Waals surface area (Å²) in [6, 6.07) is 0. The molecule has 0 rings (SSSR count). The van der Waals surface area contributed by atoms with Crippen LogP contribution in [0.15, 0.2) is 0 Å². The third-order valence-electron chi connectivity index (χ3n) is 4.63. The first-order valence-electron chi connectivity index (χ1n) is 13.3. The van der Waals surface area contributed by atoms with Crippen LogP contribution in [-0.2, 0) is 31.2 Å². The summed E-state index contributed by atoms with van der Waals surface area (Å²) >= 11 is 14.5. The highest BCUT2D eigenvalue weighted by atomic mass is 32.2. The first-order chi connectivity index (χ1) is 20.0. The van der Waals surface area contributed by atoms with Crippen LogP contribution in [0.5, 0.6) is 0 Å². The summed E-state index contributed by atoms with van der Waals surface area (Å²) in [7, 11) is -1.57. The SMILES string of the molecule is O=C(CCSCCCS(=O)CCSCSCO)SCCSCCS(=O)CCCSCCC(=O)SCCSCSCO. The summed E-state index contributed by atoms with van der Waals surface area (Å²) in [6.45, 7) is 0. The van der Waals surface area contributed by atoms with Gasteiger partial charge in [0.1, 0.15) is 0 Å². The Bertz CT molecular complexity index is 676. The number of hydrogen-bond donors (Lipinski definition) is 2. The molecule has 0 amide bonds. The van der Waals surface area contributed by atoms with Crippen molar-refractivity contribution >= 4 is 138 Å². The second-order valence-corrected chi connectivity index (χ2v) is 22.1. The molecule has 0 radical (unpaired) electrons. The fourth-order valence-electron chi connectivity index (χ4n) is 2.65. The molecule has 0 aromatic rings. The van der Waals surface area contributed by atoms with Crippen molar-refractivity contribution in [3.05, 3.63) is 0 Å². The number of carbonyl (C=O) groups is 2. The Kier molecular flexibility index (Phi) is 37.9. The van der Waals surface area contributed by atoms with Crippen LogP contribution in [0.4, 0.5) is 0 Å². The third-order valence-corrected chi connectivity index (χ3v) is 17.5. The predicted molar refractivity (Wildman–Crippen MR) is 205 cm³/mol. The maximum absolute atomic E-state index is 12.2. The van der Waals surface area contributed by atoms with Gasteiger partial charge in [0.2, 0.25) is 0 Å². The summed E-state index contributed by atoms with van der Waals surface area (Å²) in [4.78, 5) is 23.9. The van der Waals surface area contributed by atoms with E-state index in [1.165, 1.54) is 47.0 Å². The molecule has 0 spiro atoms. The number of aliphatic hydroxyl groups is 2. The van der Waals surface area contributed by atoms with Crippen LogP contribution < -0.4 is 0 Å². The first-order valence-corrected chi connectivity index (χ1v) is 26.3. The van der Waals surface area contributed by atoms with Gasteiger partial charge in [-0.05, 0) is 24.3 Å². The Morgan fingerprint density at radius 1 is 0.463 bits per heavy atom. The number of carbonyl (C=O) groups excluding carboxylic acids is 2. The zero-order chi connectivity index (χ0) is 30.2. The molecule has 0 aromatic heterocycles. The minimum atomic E-state index is -0.801. The van der Waals surface area contributed by atoms with Crippen LogP contribution in [0.3, 0.4) is 0 Å². The van der Waals surface area contributed by atoms with Gasteiger partial charge >= 0.3 is 0 Å². The molecule has 2 atom stereocenters. The summed E-state index contributed by atoms with van der Waals surface area (Å²) in [6.07, 6.45) is 2.98. The second-order valence-electron chi connectivity index (χ2n) is 7.90. The van der Waals surface area contributed by atoms with E-state index in [1.54, 1.807) is 58.8 Å². The Morgan fingerprint density at radius 3 is 1.37 bits per heavy atom. The van der Waals surface area contributed by atoms with E-state index in [1.807, 2.05) is 0 Å². The zero-order valence-corrected chi connectivity index (χ0v) is 32.6. The molecule has 6 nitrogen and oxygen atoms in total. The molecule has 0 saturated heterocycles. The zero-order valence-electron chi connectivity index (χ0n) is 23.6. The topological polar surface area (TPSA) is 109 Å². The maximum Gasteiger partial charge on any atom is 0.189 e. The minimum Gasteiger partial charge on any atom is -0.386 e. The monoisotopic (exact) mass is 782 g/mol. The van der Waals surface area contributed by atoms with Crippen LogP contribution in [0.25, 0.3) is 0 Å². The number of rotatable bonds is 32. The largest absolute Gasteiger partial charge is 0.386 e. The fourth-order valence-corrected chi connectivity index (χ4v) is 14.1. The predicted octanol–water partition coefficient (Wildman–Crippen LogP) is 5.51. The molecular weight excluding hydrogens is 737 g/mol. The van der Waals surface area contributed by atoms with Crippen LogP contribution in [0, 0.1) is 0 Å². The van der Waals surface area contributed by atoms with Crippen LogP contribution in [0.2, 0.25) is 0 Å². The molecule has 244 valence electrons. The summed E-state index contributed by atoms with van der Waals surface area (Å²) in [5, 5.41) is 19.6. The van der Waals surface area contributed by atoms with Crippen molar-refractivity contribution in [1.29, 1.82) is 0 Å². The molecule has 0 aromatic carbocycles. The second kappa shape index (κ2) is 35.6. The molecule has 0 aliphatic rings. The highest BCUT2D eigenvalue weighted by Crippen LogP contribution is 2.17. The average Bonchev–Trinajstić information content (AvgIpc) is 2.96. The van der Waals surface area contributed by atoms with E-state index in [-0.39, 0.29) is 22.1 Å². The quantitative estimate of drug-likeness (QED) is 0.0661. The van der Waals surface area contributed by atoms with Crippen LogP contribution in [-0.4, -0.2) is 131 Å². The molecule has 0 aliphatic carbocycles. The molecule has 0 bridgehead atoms. The standard InChI is InChI=1S/C24H46O6S11/c25-19-36-21-34-10-12-39-24(28)4-8-31-5-1-15-40(29)17-13-33-9-11-38-23(27)3-7-32-6-2-16-41(30)18-14-35-22-37-20-26/h25-26H,1-22H2. The van der Waals surface area contributed by atoms with Crippen molar-refractivity contribution < 1.29 is 28.2 Å². The van der Waals surface area contributed by atoms with Crippen molar-refractivity contribution in [3.63, 3.8) is 0 Å². The molecule has 41 heavy (non-hydrogen) atoms. The highest BCUT2D eigenvalue weighted by Gasteiger charge is 2.06. The van der Waals surface area contributed by atoms with E-state index in [9.17, 15) is 18.0 Å². The third kappa shape index (κ3) is 35.4. The van der Waals surface area contributed by atoms with E-state index < -0.39 is 21.6 Å². The van der Waals surface area contributed by atoms with Crippen molar-refractivity contribution in [3.8, 4) is 0 Å². The van der Waals surface area contributed by atoms with Gasteiger partial charge in [-0.2, -0.15) is 58.8 Å². The van der Waals surface area contributed by atoms with Crippen molar-refractivity contribution in [2.24, 2.45) is 0 Å². The van der Waals surface area contributed by atoms with Gasteiger partial charge in [-0.25, -0.2) is 0 Å². The molecule has 0 fully saturated rings. The minimum absolute atomic E-state index is 0.138. The van der Waals surface area contributed by atoms with E-state index in [0.29, 0.717) is 30.1 Å². The number of aliphatic hydroxyl groups excluding tert-OH is 2. The van der Waals surface area contributed by atoms with E-state index in [2.05, 4.69) is 0 Å². The molecule has 2 unspecified atom stereocenters. The lowest BCUT2D eigenvalue weighted by molar-refractivity contribution is -0.111. The summed E-state index contributed by atoms with van der Waals surface area (Å²) in [5.74, 6) is 11.8. The van der Waals surface area contributed by atoms with Crippen LogP contribution >= 0.6 is 106 Å². The smallest absolute Gasteiger partial charge is 0.189 e. The van der Waals surface area contributed by atoms with Gasteiger partial charge in [-0.15, -0.1) is 23.5 Å². The van der Waals surface area contributed by atoms with Gasteiger partial charge in [0.25, 0.3) is 0 Å². The van der Waals surface area contributed by atoms with Crippen LogP contribution in [0.1, 0.15) is 25.7 Å². The summed E-state index contributed by atoms with van der Waals surface area (Å²) < 4.78 is 24.1. The molecule has 0 heterocycles. The van der Waals surface area contributed by atoms with Gasteiger partial charge in [-0.1, -0.05) is 23.5 Å². The Labute approximate surface area is 291 Å². The molecule has 0 saturated carbocycles. The van der Waals surface area contributed by atoms with Gasteiger partial charge in [-0.3, -0.25) is 18.0 Å². The van der Waals surface area contributed by atoms with Crippen molar-refractivity contribution in [1.82, 2.24) is 0 Å². The summed E-state index contributed by atoms with van der Waals surface area (Å²) in [5.41, 5.74) is 0. The van der Waals surface area contributed by atoms with E-state index >= 15 is 0 Å². The first kappa shape index (κ1) is 43.7. The van der Waals surface area contributed by atoms with E-state index in [4.69, 9.17) is 10.2 Å². The Hall–Kier alpha value is 2.71. The van der Waals surface area contributed by atoms with Gasteiger partial charge in [0, 0.05) is 114 Å². The van der Waals surface area contributed by atoms with Gasteiger partial charge < -0.3 is 10.2 Å². The number of thioether (sulfide) groups is 9.